The van der Waals surface area contributed by atoms with Crippen LogP contribution in [0.25, 0.3) is 0 Å². The van der Waals surface area contributed by atoms with Crippen molar-refractivity contribution in [2.24, 2.45) is 5.92 Å². The van der Waals surface area contributed by atoms with Crippen LogP contribution in [-0.2, 0) is 20.7 Å². The summed E-state index contributed by atoms with van der Waals surface area (Å²) in [5.41, 5.74) is 0.781. The molecule has 1 aromatic rings. The number of para-hydroxylation sites is 1. The summed E-state index contributed by atoms with van der Waals surface area (Å²) in [6.45, 7) is 5.63. The maximum atomic E-state index is 12.0. The number of benzene rings is 1. The summed E-state index contributed by atoms with van der Waals surface area (Å²) < 4.78 is 16.5. The monoisotopic (exact) mass is 375 g/mol. The molecule has 3 rings (SSSR count). The van der Waals surface area contributed by atoms with Gasteiger partial charge >= 0.3 is 5.97 Å². The van der Waals surface area contributed by atoms with Gasteiger partial charge in [-0.05, 0) is 38.7 Å². The van der Waals surface area contributed by atoms with Crippen molar-refractivity contribution in [2.75, 3.05) is 13.2 Å². The molecule has 2 aliphatic rings. The molecule has 0 saturated heterocycles. The number of nitrogens with one attached hydrogen (secondary N) is 1. The van der Waals surface area contributed by atoms with E-state index in [4.69, 9.17) is 14.2 Å². The molecule has 6 heteroatoms. The lowest BCUT2D eigenvalue weighted by molar-refractivity contribution is -0.150. The summed E-state index contributed by atoms with van der Waals surface area (Å²) in [6, 6.07) is 5.81. The molecule has 0 spiro atoms. The van der Waals surface area contributed by atoms with Gasteiger partial charge in [-0.15, -0.1) is 0 Å². The summed E-state index contributed by atoms with van der Waals surface area (Å²) in [6.07, 6.45) is 5.25. The zero-order chi connectivity index (χ0) is 19.4. The van der Waals surface area contributed by atoms with Crippen LogP contribution >= 0.6 is 0 Å². The number of hydrogen-bond acceptors (Lipinski definition) is 5. The van der Waals surface area contributed by atoms with Crippen LogP contribution in [0.3, 0.4) is 0 Å². The highest BCUT2D eigenvalue weighted by atomic mass is 16.6. The standard InChI is InChI=1S/C21H29NO5/c1-14-7-4-5-9-16(14)22-18(23)12-26-19(24)13-25-17-10-6-8-15-11-21(2,3)27-20(15)17/h6,8,10,14,16H,4-5,7,9,11-13H2,1-3H3,(H,22,23)/t14-,16-/m1/s1. The molecule has 0 unspecified atom stereocenters. The summed E-state index contributed by atoms with van der Waals surface area (Å²) in [4.78, 5) is 23.9. The molecule has 0 bridgehead atoms. The largest absolute Gasteiger partial charge is 0.483 e. The van der Waals surface area contributed by atoms with Crippen molar-refractivity contribution >= 4 is 11.9 Å². The number of ether oxygens (including phenoxy) is 3. The zero-order valence-electron chi connectivity index (χ0n) is 16.4. The van der Waals surface area contributed by atoms with Crippen molar-refractivity contribution in [1.29, 1.82) is 0 Å². The Labute approximate surface area is 160 Å². The third kappa shape index (κ3) is 5.15. The number of rotatable bonds is 6. The van der Waals surface area contributed by atoms with Crippen LogP contribution < -0.4 is 14.8 Å². The lowest BCUT2D eigenvalue weighted by atomic mass is 9.86. The zero-order valence-corrected chi connectivity index (χ0v) is 16.4. The van der Waals surface area contributed by atoms with E-state index in [0.29, 0.717) is 17.4 Å². The highest BCUT2D eigenvalue weighted by molar-refractivity contribution is 5.81. The Balaban J connectivity index is 1.43. The molecular formula is C21H29NO5. The van der Waals surface area contributed by atoms with Gasteiger partial charge in [0.2, 0.25) is 0 Å². The van der Waals surface area contributed by atoms with Gasteiger partial charge in [0, 0.05) is 18.0 Å². The minimum Gasteiger partial charge on any atom is -0.483 e. The maximum absolute atomic E-state index is 12.0. The molecule has 6 nitrogen and oxygen atoms in total. The van der Waals surface area contributed by atoms with E-state index in [9.17, 15) is 9.59 Å². The van der Waals surface area contributed by atoms with Crippen LogP contribution in [-0.4, -0.2) is 36.7 Å². The molecule has 148 valence electrons. The predicted molar refractivity (Wildman–Crippen MR) is 101 cm³/mol. The molecule has 1 heterocycles. The Hall–Kier alpha value is -2.24. The smallest absolute Gasteiger partial charge is 0.344 e. The summed E-state index contributed by atoms with van der Waals surface area (Å²) in [5, 5.41) is 2.96. The average Bonchev–Trinajstić information content (AvgIpc) is 2.94. The van der Waals surface area contributed by atoms with Gasteiger partial charge in [-0.25, -0.2) is 4.79 Å². The van der Waals surface area contributed by atoms with Gasteiger partial charge in [0.05, 0.1) is 0 Å². The van der Waals surface area contributed by atoms with Crippen molar-refractivity contribution in [1.82, 2.24) is 5.32 Å². The fraction of sp³-hybridized carbons (Fsp3) is 0.619. The SMILES string of the molecule is C[C@@H]1CCCC[C@H]1NC(=O)COC(=O)COc1cccc2c1OC(C)(C)C2. The normalized spacial score (nSPS) is 23.1. The van der Waals surface area contributed by atoms with Crippen molar-refractivity contribution in [3.8, 4) is 11.5 Å². The lowest BCUT2D eigenvalue weighted by Crippen LogP contribution is -2.43. The van der Waals surface area contributed by atoms with Crippen LogP contribution in [0.2, 0.25) is 0 Å². The van der Waals surface area contributed by atoms with Gasteiger partial charge in [-0.1, -0.05) is 31.9 Å². The van der Waals surface area contributed by atoms with Crippen molar-refractivity contribution < 1.29 is 23.8 Å². The Bertz CT molecular complexity index is 700. The minimum absolute atomic E-state index is 0.175. The van der Waals surface area contributed by atoms with Crippen LogP contribution in [0.4, 0.5) is 0 Å². The number of carbonyl (C=O) groups is 2. The van der Waals surface area contributed by atoms with Crippen molar-refractivity contribution in [3.05, 3.63) is 23.8 Å². The number of carbonyl (C=O) groups excluding carboxylic acids is 2. The summed E-state index contributed by atoms with van der Waals surface area (Å²) in [5.74, 6) is 0.838. The molecule has 2 atom stereocenters. The highest BCUT2D eigenvalue weighted by Crippen LogP contribution is 2.41. The number of fused-ring (bicyclic) bond motifs is 1. The highest BCUT2D eigenvalue weighted by Gasteiger charge is 2.32. The Morgan fingerprint density at radius 2 is 2.00 bits per heavy atom. The summed E-state index contributed by atoms with van der Waals surface area (Å²) >= 11 is 0. The van der Waals surface area contributed by atoms with Gasteiger partial charge < -0.3 is 19.5 Å². The van der Waals surface area contributed by atoms with Crippen LogP contribution in [0, 0.1) is 5.92 Å². The van der Waals surface area contributed by atoms with E-state index in [1.54, 1.807) is 6.07 Å². The Kier molecular flexibility index (Phi) is 5.92. The molecule has 27 heavy (non-hydrogen) atoms. The molecular weight excluding hydrogens is 346 g/mol. The van der Waals surface area contributed by atoms with E-state index >= 15 is 0 Å². The molecule has 0 aromatic heterocycles. The second kappa shape index (κ2) is 8.19. The average molecular weight is 375 g/mol. The predicted octanol–water partition coefficient (Wildman–Crippen LogP) is 3.02. The minimum atomic E-state index is -0.572. The second-order valence-corrected chi connectivity index (χ2v) is 8.17. The second-order valence-electron chi connectivity index (χ2n) is 8.17. The summed E-state index contributed by atoms with van der Waals surface area (Å²) in [7, 11) is 0. The molecule has 0 radical (unpaired) electrons. The first-order chi connectivity index (χ1) is 12.8. The molecule has 1 aliphatic carbocycles. The lowest BCUT2D eigenvalue weighted by Gasteiger charge is -2.29. The van der Waals surface area contributed by atoms with E-state index < -0.39 is 5.97 Å². The van der Waals surface area contributed by atoms with Gasteiger partial charge in [0.25, 0.3) is 5.91 Å². The molecule has 1 saturated carbocycles. The Morgan fingerprint density at radius 3 is 2.78 bits per heavy atom. The van der Waals surface area contributed by atoms with Crippen LogP contribution in [0.1, 0.15) is 52.0 Å². The molecule has 1 amide bonds. The van der Waals surface area contributed by atoms with Crippen molar-refractivity contribution in [2.45, 2.75) is 64.5 Å². The van der Waals surface area contributed by atoms with E-state index in [2.05, 4.69) is 12.2 Å². The Morgan fingerprint density at radius 1 is 1.22 bits per heavy atom. The van der Waals surface area contributed by atoms with E-state index in [1.165, 1.54) is 6.42 Å². The molecule has 1 aliphatic heterocycles. The van der Waals surface area contributed by atoms with E-state index in [-0.39, 0.29) is 30.8 Å². The number of esters is 1. The fourth-order valence-corrected chi connectivity index (χ4v) is 3.80. The third-order valence-corrected chi connectivity index (χ3v) is 5.22. The van der Waals surface area contributed by atoms with Gasteiger partial charge in [-0.3, -0.25) is 4.79 Å². The van der Waals surface area contributed by atoms with Gasteiger partial charge in [0.15, 0.2) is 24.7 Å². The number of hydrogen-bond donors (Lipinski definition) is 1. The van der Waals surface area contributed by atoms with E-state index in [0.717, 1.165) is 31.2 Å². The first-order valence-corrected chi connectivity index (χ1v) is 9.73. The van der Waals surface area contributed by atoms with E-state index in [1.807, 2.05) is 26.0 Å². The first-order valence-electron chi connectivity index (χ1n) is 9.73. The molecule has 1 fully saturated rings. The first kappa shape index (κ1) is 19.5. The van der Waals surface area contributed by atoms with Gasteiger partial charge in [-0.2, -0.15) is 0 Å². The quantitative estimate of drug-likeness (QED) is 0.774. The third-order valence-electron chi connectivity index (χ3n) is 5.22. The number of amides is 1. The van der Waals surface area contributed by atoms with Crippen LogP contribution in [0.5, 0.6) is 11.5 Å². The van der Waals surface area contributed by atoms with Crippen molar-refractivity contribution in [3.63, 3.8) is 0 Å². The topological polar surface area (TPSA) is 73.9 Å². The molecule has 1 aromatic carbocycles. The van der Waals surface area contributed by atoms with Gasteiger partial charge in [0.1, 0.15) is 5.60 Å². The fourth-order valence-electron chi connectivity index (χ4n) is 3.80. The van der Waals surface area contributed by atoms with Crippen LogP contribution in [0.15, 0.2) is 18.2 Å². The maximum Gasteiger partial charge on any atom is 0.344 e. The molecule has 1 N–H and O–H groups in total.